The Balaban J connectivity index is 1.88. The number of nitriles is 1. The number of carbonyl (C=O) groups excluding carboxylic acids is 1. The van der Waals surface area contributed by atoms with E-state index < -0.39 is 0 Å². The van der Waals surface area contributed by atoms with Crippen molar-refractivity contribution in [3.8, 4) is 11.8 Å². The third-order valence-electron chi connectivity index (χ3n) is 3.57. The summed E-state index contributed by atoms with van der Waals surface area (Å²) in [5.41, 5.74) is 1.09. The molecule has 1 aromatic rings. The summed E-state index contributed by atoms with van der Waals surface area (Å²) in [5, 5.41) is 11.7. The highest BCUT2D eigenvalue weighted by atomic mass is 16.5. The average Bonchev–Trinajstić information content (AvgIpc) is 2.54. The zero-order valence-corrected chi connectivity index (χ0v) is 12.2. The summed E-state index contributed by atoms with van der Waals surface area (Å²) in [6.45, 7) is 0.801. The molecule has 5 nitrogen and oxygen atoms in total. The van der Waals surface area contributed by atoms with Gasteiger partial charge < -0.3 is 14.8 Å². The Morgan fingerprint density at radius 2 is 2.38 bits per heavy atom. The molecule has 0 spiro atoms. The smallest absolute Gasteiger partial charge is 0.224 e. The molecule has 1 unspecified atom stereocenters. The van der Waals surface area contributed by atoms with E-state index in [-0.39, 0.29) is 12.0 Å². The standard InChI is InChI=1S/C16H20N2O3/c1-20-15-10-12(11-17)5-7-14(15)18-16(19)8-6-13-4-2-3-9-21-13/h5,7,10,13H,2-4,6,8-9H2,1H3,(H,18,19). The molecule has 0 saturated carbocycles. The molecule has 21 heavy (non-hydrogen) atoms. The van der Waals surface area contributed by atoms with Gasteiger partial charge in [0.05, 0.1) is 30.5 Å². The van der Waals surface area contributed by atoms with Crippen LogP contribution in [-0.2, 0) is 9.53 Å². The fraction of sp³-hybridized carbons (Fsp3) is 0.500. The first-order chi connectivity index (χ1) is 10.2. The molecular formula is C16H20N2O3. The van der Waals surface area contributed by atoms with Crippen LogP contribution < -0.4 is 10.1 Å². The van der Waals surface area contributed by atoms with Gasteiger partial charge in [-0.05, 0) is 37.8 Å². The number of ether oxygens (including phenoxy) is 2. The van der Waals surface area contributed by atoms with E-state index in [1.807, 2.05) is 6.07 Å². The number of nitrogens with zero attached hydrogens (tertiary/aromatic N) is 1. The van der Waals surface area contributed by atoms with Crippen LogP contribution in [0.2, 0.25) is 0 Å². The third-order valence-corrected chi connectivity index (χ3v) is 3.57. The molecule has 0 aliphatic carbocycles. The van der Waals surface area contributed by atoms with E-state index in [4.69, 9.17) is 14.7 Å². The molecule has 1 N–H and O–H groups in total. The van der Waals surface area contributed by atoms with Gasteiger partial charge in [0.2, 0.25) is 5.91 Å². The van der Waals surface area contributed by atoms with Crippen molar-refractivity contribution in [2.24, 2.45) is 0 Å². The second-order valence-electron chi connectivity index (χ2n) is 5.10. The van der Waals surface area contributed by atoms with E-state index >= 15 is 0 Å². The highest BCUT2D eigenvalue weighted by Gasteiger charge is 2.16. The van der Waals surface area contributed by atoms with Crippen LogP contribution in [0.25, 0.3) is 0 Å². The molecule has 0 bridgehead atoms. The van der Waals surface area contributed by atoms with Crippen LogP contribution in [0.4, 0.5) is 5.69 Å². The lowest BCUT2D eigenvalue weighted by atomic mass is 10.0. The molecular weight excluding hydrogens is 268 g/mol. The Labute approximate surface area is 124 Å². The Morgan fingerprint density at radius 1 is 1.52 bits per heavy atom. The van der Waals surface area contributed by atoms with Gasteiger partial charge >= 0.3 is 0 Å². The van der Waals surface area contributed by atoms with E-state index in [0.717, 1.165) is 25.9 Å². The molecule has 112 valence electrons. The van der Waals surface area contributed by atoms with Crippen molar-refractivity contribution in [2.75, 3.05) is 19.0 Å². The number of hydrogen-bond donors (Lipinski definition) is 1. The van der Waals surface area contributed by atoms with E-state index in [9.17, 15) is 4.79 Å². The highest BCUT2D eigenvalue weighted by molar-refractivity contribution is 5.92. The minimum Gasteiger partial charge on any atom is -0.495 e. The first kappa shape index (κ1) is 15.3. The topological polar surface area (TPSA) is 71.3 Å². The summed E-state index contributed by atoms with van der Waals surface area (Å²) < 4.78 is 10.8. The van der Waals surface area contributed by atoms with Crippen LogP contribution in [0, 0.1) is 11.3 Å². The van der Waals surface area contributed by atoms with E-state index in [1.54, 1.807) is 18.2 Å². The summed E-state index contributed by atoms with van der Waals surface area (Å²) in [4.78, 5) is 12.0. The van der Waals surface area contributed by atoms with Crippen molar-refractivity contribution in [1.29, 1.82) is 5.26 Å². The zero-order chi connectivity index (χ0) is 15.1. The van der Waals surface area contributed by atoms with Gasteiger partial charge in [0, 0.05) is 19.1 Å². The van der Waals surface area contributed by atoms with Crippen LogP contribution in [0.3, 0.4) is 0 Å². The van der Waals surface area contributed by atoms with Crippen LogP contribution in [0.15, 0.2) is 18.2 Å². The molecule has 1 aromatic carbocycles. The number of anilines is 1. The molecule has 1 aliphatic heterocycles. The first-order valence-electron chi connectivity index (χ1n) is 7.22. The normalized spacial score (nSPS) is 17.8. The van der Waals surface area contributed by atoms with Crippen LogP contribution in [-0.4, -0.2) is 25.7 Å². The van der Waals surface area contributed by atoms with Gasteiger partial charge in [0.1, 0.15) is 5.75 Å². The molecule has 0 radical (unpaired) electrons. The number of hydrogen-bond acceptors (Lipinski definition) is 4. The van der Waals surface area contributed by atoms with Gasteiger partial charge in [-0.2, -0.15) is 5.26 Å². The Hall–Kier alpha value is -2.06. The van der Waals surface area contributed by atoms with Crippen molar-refractivity contribution < 1.29 is 14.3 Å². The SMILES string of the molecule is COc1cc(C#N)ccc1NC(=O)CCC1CCCCO1. The van der Waals surface area contributed by atoms with Crippen LogP contribution in [0.1, 0.15) is 37.7 Å². The lowest BCUT2D eigenvalue weighted by Gasteiger charge is -2.22. The second-order valence-corrected chi connectivity index (χ2v) is 5.10. The van der Waals surface area contributed by atoms with Crippen molar-refractivity contribution in [3.63, 3.8) is 0 Å². The second kappa shape index (κ2) is 7.65. The lowest BCUT2D eigenvalue weighted by Crippen LogP contribution is -2.21. The predicted molar refractivity (Wildman–Crippen MR) is 79.2 cm³/mol. The van der Waals surface area contributed by atoms with Crippen molar-refractivity contribution in [2.45, 2.75) is 38.2 Å². The number of benzene rings is 1. The summed E-state index contributed by atoms with van der Waals surface area (Å²) in [7, 11) is 1.52. The average molecular weight is 288 g/mol. The lowest BCUT2D eigenvalue weighted by molar-refractivity contribution is -0.117. The molecule has 5 heteroatoms. The molecule has 1 fully saturated rings. The molecule has 2 rings (SSSR count). The molecule has 1 heterocycles. The Kier molecular flexibility index (Phi) is 5.59. The molecule has 1 aliphatic rings. The van der Waals surface area contributed by atoms with Crippen molar-refractivity contribution >= 4 is 11.6 Å². The summed E-state index contributed by atoms with van der Waals surface area (Å²) in [6.07, 6.45) is 4.69. The van der Waals surface area contributed by atoms with Gasteiger partial charge in [-0.1, -0.05) is 0 Å². The van der Waals surface area contributed by atoms with Gasteiger partial charge in [-0.25, -0.2) is 0 Å². The zero-order valence-electron chi connectivity index (χ0n) is 12.2. The highest BCUT2D eigenvalue weighted by Crippen LogP contribution is 2.26. The van der Waals surface area contributed by atoms with Gasteiger partial charge in [-0.15, -0.1) is 0 Å². The van der Waals surface area contributed by atoms with Gasteiger partial charge in [-0.3, -0.25) is 4.79 Å². The minimum absolute atomic E-state index is 0.0628. The quantitative estimate of drug-likeness (QED) is 0.904. The van der Waals surface area contributed by atoms with Crippen LogP contribution >= 0.6 is 0 Å². The predicted octanol–water partition coefficient (Wildman–Crippen LogP) is 2.85. The summed E-state index contributed by atoms with van der Waals surface area (Å²) in [6, 6.07) is 6.99. The van der Waals surface area contributed by atoms with E-state index in [0.29, 0.717) is 23.4 Å². The maximum atomic E-state index is 12.0. The number of methoxy groups -OCH3 is 1. The van der Waals surface area contributed by atoms with Crippen molar-refractivity contribution in [3.05, 3.63) is 23.8 Å². The number of nitrogens with one attached hydrogen (secondary N) is 1. The summed E-state index contributed by atoms with van der Waals surface area (Å²) in [5.74, 6) is 0.434. The van der Waals surface area contributed by atoms with E-state index in [2.05, 4.69) is 5.32 Å². The molecule has 1 saturated heterocycles. The maximum absolute atomic E-state index is 12.0. The van der Waals surface area contributed by atoms with Gasteiger partial charge in [0.15, 0.2) is 0 Å². The molecule has 1 amide bonds. The van der Waals surface area contributed by atoms with Gasteiger partial charge in [0.25, 0.3) is 0 Å². The minimum atomic E-state index is -0.0628. The van der Waals surface area contributed by atoms with Crippen molar-refractivity contribution in [1.82, 2.24) is 0 Å². The Bertz CT molecular complexity index is 531. The fourth-order valence-corrected chi connectivity index (χ4v) is 2.40. The first-order valence-corrected chi connectivity index (χ1v) is 7.22. The van der Waals surface area contributed by atoms with Crippen LogP contribution in [0.5, 0.6) is 5.75 Å². The number of amides is 1. The monoisotopic (exact) mass is 288 g/mol. The summed E-state index contributed by atoms with van der Waals surface area (Å²) >= 11 is 0. The van der Waals surface area contributed by atoms with E-state index in [1.165, 1.54) is 13.5 Å². The third kappa shape index (κ3) is 4.47. The molecule has 1 atom stereocenters. The largest absolute Gasteiger partial charge is 0.495 e. The Morgan fingerprint density at radius 3 is 3.05 bits per heavy atom. The fourth-order valence-electron chi connectivity index (χ4n) is 2.40. The molecule has 0 aromatic heterocycles. The number of carbonyl (C=O) groups is 1. The maximum Gasteiger partial charge on any atom is 0.224 e. The number of rotatable bonds is 5.